The van der Waals surface area contributed by atoms with Crippen LogP contribution in [0.3, 0.4) is 0 Å². The first-order chi connectivity index (χ1) is 19.4. The molecule has 0 atom stereocenters. The Balaban J connectivity index is 1.38. The minimum Gasteiger partial charge on any atom is -0.465 e. The Morgan fingerprint density at radius 1 is 0.975 bits per heavy atom. The zero-order valence-electron chi connectivity index (χ0n) is 22.7. The van der Waals surface area contributed by atoms with Gasteiger partial charge in [0.2, 0.25) is 5.91 Å². The standard InChI is InChI=1S/C31H33N5O4/c1-35(27(37)14-17-36-18-15-32-16-19-36)24-11-9-23(10-12-24)33-29(21-6-4-3-5-7-21)28-25-13-8-22(31(39)40-2)20-26(25)34-30(28)38/h3-13,20,32-33H,14-19H2,1-2H3,(H,34,38). The number of rotatable bonds is 8. The van der Waals surface area contributed by atoms with Gasteiger partial charge in [-0.05, 0) is 42.0 Å². The predicted molar refractivity (Wildman–Crippen MR) is 157 cm³/mol. The number of methoxy groups -OCH3 is 1. The van der Waals surface area contributed by atoms with Crippen molar-refractivity contribution >= 4 is 46.1 Å². The molecule has 9 heteroatoms. The Morgan fingerprint density at radius 2 is 1.70 bits per heavy atom. The van der Waals surface area contributed by atoms with E-state index in [1.54, 1.807) is 30.1 Å². The number of carbonyl (C=O) groups is 3. The SMILES string of the molecule is COC(=O)c1ccc2c(c1)NC(=O)C2=C(Nc1ccc(N(C)C(=O)CCN2CCNCC2)cc1)c1ccccc1. The van der Waals surface area contributed by atoms with Crippen LogP contribution in [-0.4, -0.2) is 69.6 Å². The first-order valence-corrected chi connectivity index (χ1v) is 13.3. The summed E-state index contributed by atoms with van der Waals surface area (Å²) in [5.74, 6) is -0.671. The lowest BCUT2D eigenvalue weighted by molar-refractivity contribution is -0.118. The molecular weight excluding hydrogens is 506 g/mol. The van der Waals surface area contributed by atoms with Crippen molar-refractivity contribution < 1.29 is 19.1 Å². The van der Waals surface area contributed by atoms with Crippen LogP contribution >= 0.6 is 0 Å². The molecule has 1 saturated heterocycles. The molecule has 40 heavy (non-hydrogen) atoms. The van der Waals surface area contributed by atoms with Crippen LogP contribution < -0.4 is 20.9 Å². The van der Waals surface area contributed by atoms with Gasteiger partial charge in [-0.15, -0.1) is 0 Å². The quantitative estimate of drug-likeness (QED) is 0.297. The van der Waals surface area contributed by atoms with Gasteiger partial charge in [0.1, 0.15) is 0 Å². The highest BCUT2D eigenvalue weighted by Crippen LogP contribution is 2.38. The van der Waals surface area contributed by atoms with Gasteiger partial charge in [0, 0.05) is 63.1 Å². The first-order valence-electron chi connectivity index (χ1n) is 13.3. The van der Waals surface area contributed by atoms with Gasteiger partial charge in [-0.25, -0.2) is 4.79 Å². The average molecular weight is 540 g/mol. The van der Waals surface area contributed by atoms with Crippen molar-refractivity contribution in [1.29, 1.82) is 0 Å². The minimum atomic E-state index is -0.469. The van der Waals surface area contributed by atoms with Gasteiger partial charge in [0.15, 0.2) is 0 Å². The van der Waals surface area contributed by atoms with Gasteiger partial charge in [-0.1, -0.05) is 36.4 Å². The fourth-order valence-corrected chi connectivity index (χ4v) is 4.96. The lowest BCUT2D eigenvalue weighted by atomic mass is 9.99. The van der Waals surface area contributed by atoms with Crippen molar-refractivity contribution in [3.63, 3.8) is 0 Å². The van der Waals surface area contributed by atoms with Crippen molar-refractivity contribution in [2.75, 3.05) is 62.4 Å². The lowest BCUT2D eigenvalue weighted by Crippen LogP contribution is -2.44. The van der Waals surface area contributed by atoms with E-state index in [2.05, 4.69) is 20.9 Å². The van der Waals surface area contributed by atoms with Gasteiger partial charge in [0.05, 0.1) is 29.6 Å². The lowest BCUT2D eigenvalue weighted by Gasteiger charge is -2.27. The van der Waals surface area contributed by atoms with E-state index in [0.717, 1.165) is 49.7 Å². The summed E-state index contributed by atoms with van der Waals surface area (Å²) >= 11 is 0. The number of nitrogens with one attached hydrogen (secondary N) is 3. The third kappa shape index (κ3) is 5.90. The topological polar surface area (TPSA) is 103 Å². The number of carbonyl (C=O) groups excluding carboxylic acids is 3. The highest BCUT2D eigenvalue weighted by atomic mass is 16.5. The maximum atomic E-state index is 13.2. The Hall–Kier alpha value is -4.47. The smallest absolute Gasteiger partial charge is 0.337 e. The molecule has 2 heterocycles. The van der Waals surface area contributed by atoms with E-state index in [1.807, 2.05) is 54.6 Å². The monoisotopic (exact) mass is 539 g/mol. The number of benzene rings is 3. The molecule has 1 fully saturated rings. The Bertz CT molecular complexity index is 1430. The number of fused-ring (bicyclic) bond motifs is 1. The molecule has 3 N–H and O–H groups in total. The van der Waals surface area contributed by atoms with E-state index in [1.165, 1.54) is 7.11 Å². The van der Waals surface area contributed by atoms with Gasteiger partial charge in [0.25, 0.3) is 5.91 Å². The van der Waals surface area contributed by atoms with Crippen molar-refractivity contribution in [3.8, 4) is 0 Å². The molecule has 2 amide bonds. The summed E-state index contributed by atoms with van der Waals surface area (Å²) in [4.78, 5) is 42.0. The van der Waals surface area contributed by atoms with Crippen LogP contribution in [-0.2, 0) is 14.3 Å². The third-order valence-electron chi connectivity index (χ3n) is 7.25. The molecule has 0 unspecified atom stereocenters. The second-order valence-corrected chi connectivity index (χ2v) is 9.79. The second-order valence-electron chi connectivity index (χ2n) is 9.79. The van der Waals surface area contributed by atoms with Crippen LogP contribution in [0.25, 0.3) is 11.3 Å². The van der Waals surface area contributed by atoms with Gasteiger partial charge < -0.3 is 30.5 Å². The number of anilines is 3. The number of hydrogen-bond donors (Lipinski definition) is 3. The Labute approximate surface area is 233 Å². The maximum Gasteiger partial charge on any atom is 0.337 e. The number of ether oxygens (including phenoxy) is 1. The molecule has 3 aromatic rings. The molecule has 0 saturated carbocycles. The first kappa shape index (κ1) is 27.1. The molecule has 2 aliphatic rings. The van der Waals surface area contributed by atoms with Crippen molar-refractivity contribution in [1.82, 2.24) is 10.2 Å². The fraction of sp³-hybridized carbons (Fsp3) is 0.258. The van der Waals surface area contributed by atoms with E-state index in [4.69, 9.17) is 4.74 Å². The van der Waals surface area contributed by atoms with E-state index in [9.17, 15) is 14.4 Å². The molecule has 3 aromatic carbocycles. The second kappa shape index (κ2) is 12.1. The zero-order chi connectivity index (χ0) is 28.1. The van der Waals surface area contributed by atoms with Crippen LogP contribution in [0.1, 0.15) is 27.9 Å². The van der Waals surface area contributed by atoms with E-state index in [0.29, 0.717) is 34.5 Å². The summed E-state index contributed by atoms with van der Waals surface area (Å²) in [6, 6.07) is 22.2. The normalized spacial score (nSPS) is 16.1. The Kier molecular flexibility index (Phi) is 8.23. The van der Waals surface area contributed by atoms with Gasteiger partial charge in [-0.3, -0.25) is 9.59 Å². The van der Waals surface area contributed by atoms with Gasteiger partial charge >= 0.3 is 5.97 Å². The summed E-state index contributed by atoms with van der Waals surface area (Å²) in [7, 11) is 3.12. The van der Waals surface area contributed by atoms with E-state index in [-0.39, 0.29) is 11.8 Å². The molecule has 2 aliphatic heterocycles. The van der Waals surface area contributed by atoms with Crippen molar-refractivity contribution in [3.05, 3.63) is 89.5 Å². The number of amides is 2. The number of esters is 1. The maximum absolute atomic E-state index is 13.2. The summed E-state index contributed by atoms with van der Waals surface area (Å²) in [6.07, 6.45) is 0.465. The molecule has 206 valence electrons. The molecule has 5 rings (SSSR count). The largest absolute Gasteiger partial charge is 0.465 e. The highest BCUT2D eigenvalue weighted by molar-refractivity contribution is 6.37. The van der Waals surface area contributed by atoms with E-state index >= 15 is 0 Å². The summed E-state index contributed by atoms with van der Waals surface area (Å²) < 4.78 is 4.82. The van der Waals surface area contributed by atoms with Crippen molar-refractivity contribution in [2.24, 2.45) is 0 Å². The molecule has 0 spiro atoms. The van der Waals surface area contributed by atoms with E-state index < -0.39 is 5.97 Å². The summed E-state index contributed by atoms with van der Waals surface area (Å²) in [5.41, 5.74) is 5.11. The molecule has 9 nitrogen and oxygen atoms in total. The highest BCUT2D eigenvalue weighted by Gasteiger charge is 2.29. The molecular formula is C31H33N5O4. The van der Waals surface area contributed by atoms with Crippen LogP contribution in [0.15, 0.2) is 72.8 Å². The van der Waals surface area contributed by atoms with Crippen LogP contribution in [0.2, 0.25) is 0 Å². The van der Waals surface area contributed by atoms with Crippen LogP contribution in [0, 0.1) is 0 Å². The zero-order valence-corrected chi connectivity index (χ0v) is 22.7. The summed E-state index contributed by atoms with van der Waals surface area (Å²) in [5, 5.41) is 9.64. The fourth-order valence-electron chi connectivity index (χ4n) is 4.96. The summed E-state index contributed by atoms with van der Waals surface area (Å²) in [6.45, 7) is 4.60. The van der Waals surface area contributed by atoms with Gasteiger partial charge in [-0.2, -0.15) is 0 Å². The Morgan fingerprint density at radius 3 is 2.40 bits per heavy atom. The molecule has 0 aromatic heterocycles. The number of hydrogen-bond acceptors (Lipinski definition) is 7. The molecule has 0 bridgehead atoms. The molecule has 0 radical (unpaired) electrons. The molecule has 0 aliphatic carbocycles. The minimum absolute atomic E-state index is 0.0666. The number of nitrogens with zero attached hydrogens (tertiary/aromatic N) is 2. The number of piperazine rings is 1. The van der Waals surface area contributed by atoms with Crippen molar-refractivity contribution in [2.45, 2.75) is 6.42 Å². The predicted octanol–water partition coefficient (Wildman–Crippen LogP) is 3.66. The van der Waals surface area contributed by atoms with Crippen LogP contribution in [0.5, 0.6) is 0 Å². The van der Waals surface area contributed by atoms with Crippen LogP contribution in [0.4, 0.5) is 17.1 Å². The average Bonchev–Trinajstić information content (AvgIpc) is 3.33. The third-order valence-corrected chi connectivity index (χ3v) is 7.25.